The molecule has 0 aromatic heterocycles. The molecule has 2 N–H and O–H groups in total. The van der Waals surface area contributed by atoms with E-state index in [9.17, 15) is 9.59 Å². The van der Waals surface area contributed by atoms with Gasteiger partial charge in [-0.2, -0.15) is 0 Å². The first kappa shape index (κ1) is 21.1. The number of ether oxygens (including phenoxy) is 1. The summed E-state index contributed by atoms with van der Waals surface area (Å²) in [4.78, 5) is 25.7. The third kappa shape index (κ3) is 5.49. The largest absolute Gasteiger partial charge is 0.497 e. The number of carbonyl (C=O) groups is 2. The summed E-state index contributed by atoms with van der Waals surface area (Å²) >= 11 is 6.13. The van der Waals surface area contributed by atoms with Gasteiger partial charge in [0.15, 0.2) is 0 Å². The third-order valence-corrected chi connectivity index (χ3v) is 4.68. The average molecular weight is 421 g/mol. The Morgan fingerprint density at radius 1 is 0.933 bits per heavy atom. The van der Waals surface area contributed by atoms with Gasteiger partial charge in [0, 0.05) is 5.69 Å². The number of rotatable bonds is 6. The lowest BCUT2D eigenvalue weighted by Gasteiger charge is -2.12. The van der Waals surface area contributed by atoms with Crippen molar-refractivity contribution in [3.8, 4) is 5.75 Å². The molecule has 3 aromatic rings. The molecule has 0 aliphatic rings. The summed E-state index contributed by atoms with van der Waals surface area (Å²) in [5.74, 6) is -0.229. The molecule has 0 fully saturated rings. The summed E-state index contributed by atoms with van der Waals surface area (Å²) in [6.45, 7) is 1.96. The van der Waals surface area contributed by atoms with Crippen molar-refractivity contribution >= 4 is 35.2 Å². The predicted molar refractivity (Wildman–Crippen MR) is 120 cm³/mol. The first-order valence-corrected chi connectivity index (χ1v) is 9.64. The fourth-order valence-electron chi connectivity index (χ4n) is 2.70. The fraction of sp³-hybridized carbons (Fsp3) is 0.0833. The maximum absolute atomic E-state index is 12.9. The Labute approximate surface area is 180 Å². The lowest BCUT2D eigenvalue weighted by atomic mass is 10.1. The van der Waals surface area contributed by atoms with E-state index in [1.54, 1.807) is 73.8 Å². The Morgan fingerprint density at radius 2 is 1.60 bits per heavy atom. The van der Waals surface area contributed by atoms with E-state index < -0.39 is 11.8 Å². The molecular formula is C24H21ClN2O3. The summed E-state index contributed by atoms with van der Waals surface area (Å²) in [6.07, 6.45) is 1.59. The maximum Gasteiger partial charge on any atom is 0.272 e. The third-order valence-electron chi connectivity index (χ3n) is 4.35. The molecule has 0 saturated carbocycles. The minimum atomic E-state index is -0.473. The highest BCUT2D eigenvalue weighted by atomic mass is 35.5. The quantitative estimate of drug-likeness (QED) is 0.547. The van der Waals surface area contributed by atoms with Crippen molar-refractivity contribution in [1.82, 2.24) is 5.32 Å². The number of amides is 2. The molecule has 0 spiro atoms. The lowest BCUT2D eigenvalue weighted by Crippen LogP contribution is -2.30. The zero-order chi connectivity index (χ0) is 21.5. The van der Waals surface area contributed by atoms with Crippen LogP contribution in [-0.2, 0) is 4.79 Å². The molecule has 3 rings (SSSR count). The predicted octanol–water partition coefficient (Wildman–Crippen LogP) is 5.07. The van der Waals surface area contributed by atoms with Gasteiger partial charge in [0.1, 0.15) is 11.4 Å². The van der Waals surface area contributed by atoms with Crippen molar-refractivity contribution in [2.75, 3.05) is 12.4 Å². The van der Waals surface area contributed by atoms with E-state index in [1.807, 2.05) is 19.1 Å². The van der Waals surface area contributed by atoms with Gasteiger partial charge in [-0.05, 0) is 55.0 Å². The molecular weight excluding hydrogens is 400 g/mol. The highest BCUT2D eigenvalue weighted by Crippen LogP contribution is 2.18. The summed E-state index contributed by atoms with van der Waals surface area (Å²) in [7, 11) is 1.58. The second-order valence-electron chi connectivity index (χ2n) is 6.59. The Bertz CT molecular complexity index is 1070. The first-order valence-electron chi connectivity index (χ1n) is 9.26. The van der Waals surface area contributed by atoms with Crippen LogP contribution in [0, 0.1) is 6.92 Å². The van der Waals surface area contributed by atoms with E-state index in [-0.39, 0.29) is 11.3 Å². The Balaban J connectivity index is 1.89. The number of hydrogen-bond acceptors (Lipinski definition) is 3. The summed E-state index contributed by atoms with van der Waals surface area (Å²) in [5, 5.41) is 5.78. The summed E-state index contributed by atoms with van der Waals surface area (Å²) < 4.78 is 5.16. The topological polar surface area (TPSA) is 67.4 Å². The van der Waals surface area contributed by atoms with Gasteiger partial charge in [-0.15, -0.1) is 0 Å². The van der Waals surface area contributed by atoms with E-state index in [4.69, 9.17) is 16.3 Å². The van der Waals surface area contributed by atoms with Crippen LogP contribution in [0.3, 0.4) is 0 Å². The van der Waals surface area contributed by atoms with Crippen molar-refractivity contribution < 1.29 is 14.3 Å². The molecule has 0 radical (unpaired) electrons. The monoisotopic (exact) mass is 420 g/mol. The van der Waals surface area contributed by atoms with Crippen LogP contribution in [0.15, 0.2) is 78.5 Å². The van der Waals surface area contributed by atoms with Crippen LogP contribution in [0.25, 0.3) is 6.08 Å². The minimum Gasteiger partial charge on any atom is -0.497 e. The van der Waals surface area contributed by atoms with Gasteiger partial charge in [-0.1, -0.05) is 53.6 Å². The van der Waals surface area contributed by atoms with Crippen molar-refractivity contribution in [2.45, 2.75) is 6.92 Å². The van der Waals surface area contributed by atoms with Crippen LogP contribution >= 0.6 is 11.6 Å². The molecule has 30 heavy (non-hydrogen) atoms. The van der Waals surface area contributed by atoms with E-state index in [0.29, 0.717) is 16.5 Å². The molecule has 0 saturated heterocycles. The van der Waals surface area contributed by atoms with Crippen molar-refractivity contribution in [2.24, 2.45) is 0 Å². The SMILES string of the molecule is COc1ccc(/C=C(/NC(=O)c2ccccc2Cl)C(=O)Nc2ccc(C)cc2)cc1. The van der Waals surface area contributed by atoms with Crippen LogP contribution < -0.4 is 15.4 Å². The number of halogens is 1. The molecule has 0 aliphatic carbocycles. The molecule has 6 heteroatoms. The van der Waals surface area contributed by atoms with Crippen molar-refractivity contribution in [3.05, 3.63) is 100 Å². The number of nitrogens with one attached hydrogen (secondary N) is 2. The number of hydrogen-bond donors (Lipinski definition) is 2. The smallest absolute Gasteiger partial charge is 0.272 e. The Morgan fingerprint density at radius 3 is 2.23 bits per heavy atom. The van der Waals surface area contributed by atoms with Crippen molar-refractivity contribution in [1.29, 1.82) is 0 Å². The number of carbonyl (C=O) groups excluding carboxylic acids is 2. The van der Waals surface area contributed by atoms with E-state index >= 15 is 0 Å². The molecule has 152 valence electrons. The molecule has 2 amide bonds. The number of methoxy groups -OCH3 is 1. The van der Waals surface area contributed by atoms with Crippen LogP contribution in [-0.4, -0.2) is 18.9 Å². The highest BCUT2D eigenvalue weighted by molar-refractivity contribution is 6.34. The first-order chi connectivity index (χ1) is 14.5. The second-order valence-corrected chi connectivity index (χ2v) is 6.99. The standard InChI is InChI=1S/C24H21ClN2O3/c1-16-7-11-18(12-8-16)26-24(29)22(15-17-9-13-19(30-2)14-10-17)27-23(28)20-5-3-4-6-21(20)25/h3-15H,1-2H3,(H,26,29)(H,27,28)/b22-15+. The normalized spacial score (nSPS) is 11.0. The molecule has 0 heterocycles. The van der Waals surface area contributed by atoms with Gasteiger partial charge in [0.05, 0.1) is 17.7 Å². The van der Waals surface area contributed by atoms with Gasteiger partial charge >= 0.3 is 0 Å². The molecule has 5 nitrogen and oxygen atoms in total. The van der Waals surface area contributed by atoms with Crippen LogP contribution in [0.4, 0.5) is 5.69 Å². The summed E-state index contributed by atoms with van der Waals surface area (Å²) in [5.41, 5.74) is 2.80. The maximum atomic E-state index is 12.9. The Hall–Kier alpha value is -3.57. The number of aryl methyl sites for hydroxylation is 1. The molecule has 3 aromatic carbocycles. The Kier molecular flexibility index (Phi) is 6.88. The van der Waals surface area contributed by atoms with Gasteiger partial charge in [-0.25, -0.2) is 0 Å². The van der Waals surface area contributed by atoms with Gasteiger partial charge < -0.3 is 15.4 Å². The molecule has 0 aliphatic heterocycles. The van der Waals surface area contributed by atoms with E-state index in [2.05, 4.69) is 10.6 Å². The van der Waals surface area contributed by atoms with Crippen LogP contribution in [0.5, 0.6) is 5.75 Å². The second kappa shape index (κ2) is 9.76. The summed E-state index contributed by atoms with van der Waals surface area (Å²) in [6, 6.07) is 21.2. The molecule has 0 bridgehead atoms. The van der Waals surface area contributed by atoms with E-state index in [0.717, 1.165) is 11.1 Å². The average Bonchev–Trinajstić information content (AvgIpc) is 2.75. The molecule has 0 unspecified atom stereocenters. The van der Waals surface area contributed by atoms with Gasteiger partial charge in [0.2, 0.25) is 0 Å². The van der Waals surface area contributed by atoms with E-state index in [1.165, 1.54) is 0 Å². The zero-order valence-corrected chi connectivity index (χ0v) is 17.4. The van der Waals surface area contributed by atoms with Crippen molar-refractivity contribution in [3.63, 3.8) is 0 Å². The number of anilines is 1. The van der Waals surface area contributed by atoms with Gasteiger partial charge in [-0.3, -0.25) is 9.59 Å². The number of benzene rings is 3. The molecule has 0 atom stereocenters. The highest BCUT2D eigenvalue weighted by Gasteiger charge is 2.17. The van der Waals surface area contributed by atoms with Gasteiger partial charge in [0.25, 0.3) is 11.8 Å². The zero-order valence-electron chi connectivity index (χ0n) is 16.6. The minimum absolute atomic E-state index is 0.0886. The van der Waals surface area contributed by atoms with Crippen LogP contribution in [0.2, 0.25) is 5.02 Å². The van der Waals surface area contributed by atoms with Crippen LogP contribution in [0.1, 0.15) is 21.5 Å². The lowest BCUT2D eigenvalue weighted by molar-refractivity contribution is -0.113. The fourth-order valence-corrected chi connectivity index (χ4v) is 2.92.